The molecule has 0 aliphatic carbocycles. The fourth-order valence-electron chi connectivity index (χ4n) is 2.88. The minimum absolute atomic E-state index is 0.195. The molecule has 23 heavy (non-hydrogen) atoms. The minimum atomic E-state index is -0.429. The zero-order chi connectivity index (χ0) is 17.2. The standard InChI is InChI=1S/C17H29N3O2S/c1-11(15-12(2)23-13(3)19-15)18-9-14-7-8-20(10-14)16(21)22-17(4,5)6/h11,14,18H,7-10H2,1-6H3. The molecule has 1 N–H and O–H groups in total. The van der Waals surface area contributed by atoms with Gasteiger partial charge in [-0.2, -0.15) is 0 Å². The first-order valence-electron chi connectivity index (χ1n) is 8.31. The van der Waals surface area contributed by atoms with Gasteiger partial charge in [-0.3, -0.25) is 0 Å². The van der Waals surface area contributed by atoms with E-state index in [0.717, 1.165) is 36.8 Å². The van der Waals surface area contributed by atoms with Crippen LogP contribution in [0.15, 0.2) is 0 Å². The van der Waals surface area contributed by atoms with E-state index in [2.05, 4.69) is 24.1 Å². The Morgan fingerprint density at radius 3 is 2.74 bits per heavy atom. The number of aromatic nitrogens is 1. The Morgan fingerprint density at radius 2 is 2.17 bits per heavy atom. The van der Waals surface area contributed by atoms with Gasteiger partial charge in [-0.05, 0) is 53.9 Å². The number of ether oxygens (including phenoxy) is 1. The predicted molar refractivity (Wildman–Crippen MR) is 93.9 cm³/mol. The topological polar surface area (TPSA) is 54.5 Å². The Labute approximate surface area is 143 Å². The number of nitrogens with one attached hydrogen (secondary N) is 1. The van der Waals surface area contributed by atoms with Crippen LogP contribution in [0.2, 0.25) is 0 Å². The second-order valence-electron chi connectivity index (χ2n) is 7.39. The van der Waals surface area contributed by atoms with E-state index >= 15 is 0 Å². The highest BCUT2D eigenvalue weighted by Gasteiger charge is 2.29. The van der Waals surface area contributed by atoms with Crippen LogP contribution in [0.1, 0.15) is 55.7 Å². The highest BCUT2D eigenvalue weighted by atomic mass is 32.1. The van der Waals surface area contributed by atoms with Crippen molar-refractivity contribution < 1.29 is 9.53 Å². The number of amides is 1. The SMILES string of the molecule is Cc1nc(C(C)NCC2CCN(C(=O)OC(C)(C)C)C2)c(C)s1. The summed E-state index contributed by atoms with van der Waals surface area (Å²) < 4.78 is 5.44. The van der Waals surface area contributed by atoms with Gasteiger partial charge in [0, 0.05) is 30.6 Å². The summed E-state index contributed by atoms with van der Waals surface area (Å²) in [5.41, 5.74) is 0.719. The second-order valence-corrected chi connectivity index (χ2v) is 8.79. The first-order valence-corrected chi connectivity index (χ1v) is 9.12. The fourth-order valence-corrected chi connectivity index (χ4v) is 3.79. The molecule has 2 unspecified atom stereocenters. The van der Waals surface area contributed by atoms with Crippen LogP contribution in [-0.2, 0) is 4.74 Å². The molecule has 1 saturated heterocycles. The fraction of sp³-hybridized carbons (Fsp3) is 0.765. The van der Waals surface area contributed by atoms with Gasteiger partial charge in [-0.25, -0.2) is 9.78 Å². The summed E-state index contributed by atoms with van der Waals surface area (Å²) in [7, 11) is 0. The normalized spacial score (nSPS) is 19.9. The molecule has 0 radical (unpaired) electrons. The van der Waals surface area contributed by atoms with Crippen LogP contribution in [-0.4, -0.2) is 41.2 Å². The van der Waals surface area contributed by atoms with Crippen molar-refractivity contribution in [2.45, 2.75) is 59.6 Å². The van der Waals surface area contributed by atoms with Gasteiger partial charge in [0.2, 0.25) is 0 Å². The Hall–Kier alpha value is -1.14. The second kappa shape index (κ2) is 7.18. The quantitative estimate of drug-likeness (QED) is 0.909. The van der Waals surface area contributed by atoms with Crippen molar-refractivity contribution in [3.63, 3.8) is 0 Å². The zero-order valence-corrected chi connectivity index (χ0v) is 15.9. The Kier molecular flexibility index (Phi) is 5.68. The molecule has 2 heterocycles. The molecular weight excluding hydrogens is 310 g/mol. The Balaban J connectivity index is 1.80. The number of hydrogen-bond donors (Lipinski definition) is 1. The van der Waals surface area contributed by atoms with Gasteiger partial charge in [-0.1, -0.05) is 0 Å². The summed E-state index contributed by atoms with van der Waals surface area (Å²) in [5.74, 6) is 0.477. The summed E-state index contributed by atoms with van der Waals surface area (Å²) in [4.78, 5) is 19.8. The summed E-state index contributed by atoms with van der Waals surface area (Å²) in [6.45, 7) is 14.5. The molecule has 0 aromatic carbocycles. The lowest BCUT2D eigenvalue weighted by atomic mass is 10.1. The van der Waals surface area contributed by atoms with Crippen molar-refractivity contribution in [3.8, 4) is 0 Å². The largest absolute Gasteiger partial charge is 0.444 e. The number of rotatable bonds is 4. The molecule has 5 nitrogen and oxygen atoms in total. The lowest BCUT2D eigenvalue weighted by Gasteiger charge is -2.24. The smallest absolute Gasteiger partial charge is 0.410 e. The van der Waals surface area contributed by atoms with Crippen molar-refractivity contribution in [2.75, 3.05) is 19.6 Å². The lowest BCUT2D eigenvalue weighted by molar-refractivity contribution is 0.0288. The van der Waals surface area contributed by atoms with Crippen molar-refractivity contribution >= 4 is 17.4 Å². The zero-order valence-electron chi connectivity index (χ0n) is 15.1. The Bertz CT molecular complexity index is 551. The number of carbonyl (C=O) groups is 1. The van der Waals surface area contributed by atoms with Crippen LogP contribution < -0.4 is 5.32 Å². The minimum Gasteiger partial charge on any atom is -0.444 e. The van der Waals surface area contributed by atoms with Crippen LogP contribution >= 0.6 is 11.3 Å². The third kappa shape index (κ3) is 5.18. The third-order valence-electron chi connectivity index (χ3n) is 4.00. The number of aryl methyl sites for hydroxylation is 2. The van der Waals surface area contributed by atoms with Crippen molar-refractivity contribution in [2.24, 2.45) is 5.92 Å². The molecule has 6 heteroatoms. The van der Waals surface area contributed by atoms with Crippen molar-refractivity contribution in [1.29, 1.82) is 0 Å². The maximum Gasteiger partial charge on any atom is 0.410 e. The molecule has 0 spiro atoms. The van der Waals surface area contributed by atoms with E-state index in [1.54, 1.807) is 11.3 Å². The molecule has 1 aromatic heterocycles. The first-order chi connectivity index (χ1) is 10.7. The van der Waals surface area contributed by atoms with Gasteiger partial charge in [0.25, 0.3) is 0 Å². The van der Waals surface area contributed by atoms with Gasteiger partial charge in [0.05, 0.1) is 10.7 Å². The van der Waals surface area contributed by atoms with Crippen LogP contribution in [0.25, 0.3) is 0 Å². The van der Waals surface area contributed by atoms with Crippen molar-refractivity contribution in [1.82, 2.24) is 15.2 Å². The van der Waals surface area contributed by atoms with E-state index in [1.165, 1.54) is 4.88 Å². The molecule has 1 aliphatic rings. The predicted octanol–water partition coefficient (Wildman–Crippen LogP) is 3.67. The number of thiazole rings is 1. The average molecular weight is 340 g/mol. The van der Waals surface area contributed by atoms with Gasteiger partial charge >= 0.3 is 6.09 Å². The summed E-state index contributed by atoms with van der Waals surface area (Å²) >= 11 is 1.74. The number of likely N-dealkylation sites (tertiary alicyclic amines) is 1. The maximum atomic E-state index is 12.1. The number of hydrogen-bond acceptors (Lipinski definition) is 5. The molecular formula is C17H29N3O2S. The van der Waals surface area contributed by atoms with Crippen molar-refractivity contribution in [3.05, 3.63) is 15.6 Å². The summed E-state index contributed by atoms with van der Waals surface area (Å²) in [6, 6.07) is 0.246. The van der Waals surface area contributed by atoms with Gasteiger partial charge in [0.1, 0.15) is 5.60 Å². The molecule has 1 fully saturated rings. The van der Waals surface area contributed by atoms with E-state index in [1.807, 2.05) is 32.6 Å². The molecule has 1 aliphatic heterocycles. The average Bonchev–Trinajstić information content (AvgIpc) is 3.00. The number of nitrogens with zero attached hydrogens (tertiary/aromatic N) is 2. The van der Waals surface area contributed by atoms with Gasteiger partial charge < -0.3 is 15.0 Å². The molecule has 1 amide bonds. The molecule has 0 bridgehead atoms. The highest BCUT2D eigenvalue weighted by molar-refractivity contribution is 7.11. The van der Waals surface area contributed by atoms with E-state index in [-0.39, 0.29) is 12.1 Å². The van der Waals surface area contributed by atoms with E-state index in [0.29, 0.717) is 5.92 Å². The number of carbonyl (C=O) groups excluding carboxylic acids is 1. The van der Waals surface area contributed by atoms with Crippen LogP contribution in [0.5, 0.6) is 0 Å². The van der Waals surface area contributed by atoms with E-state index < -0.39 is 5.60 Å². The lowest BCUT2D eigenvalue weighted by Crippen LogP contribution is -2.36. The maximum absolute atomic E-state index is 12.1. The van der Waals surface area contributed by atoms with Crippen LogP contribution in [0.4, 0.5) is 4.79 Å². The van der Waals surface area contributed by atoms with Gasteiger partial charge in [-0.15, -0.1) is 11.3 Å². The summed E-state index contributed by atoms with van der Waals surface area (Å²) in [5, 5.41) is 4.68. The highest BCUT2D eigenvalue weighted by Crippen LogP contribution is 2.24. The van der Waals surface area contributed by atoms with Crippen LogP contribution in [0.3, 0.4) is 0 Å². The van der Waals surface area contributed by atoms with Gasteiger partial charge in [0.15, 0.2) is 0 Å². The molecule has 0 saturated carbocycles. The van der Waals surface area contributed by atoms with E-state index in [4.69, 9.17) is 4.74 Å². The Morgan fingerprint density at radius 1 is 1.48 bits per heavy atom. The summed E-state index contributed by atoms with van der Waals surface area (Å²) in [6.07, 6.45) is 0.827. The molecule has 1 aromatic rings. The molecule has 2 rings (SSSR count). The monoisotopic (exact) mass is 339 g/mol. The third-order valence-corrected chi connectivity index (χ3v) is 4.90. The molecule has 130 valence electrons. The van der Waals surface area contributed by atoms with Crippen LogP contribution in [0, 0.1) is 19.8 Å². The molecule has 2 atom stereocenters. The van der Waals surface area contributed by atoms with E-state index in [9.17, 15) is 4.79 Å². The first kappa shape index (κ1) is 18.2.